The lowest BCUT2D eigenvalue weighted by molar-refractivity contribution is 0.0535. The number of hydrogen-bond donors (Lipinski definition) is 1. The summed E-state index contributed by atoms with van der Waals surface area (Å²) in [5.74, 6) is 0.565. The molecule has 0 unspecified atom stereocenters. The lowest BCUT2D eigenvalue weighted by Gasteiger charge is -2.25. The van der Waals surface area contributed by atoms with Gasteiger partial charge in [-0.25, -0.2) is 9.78 Å². The van der Waals surface area contributed by atoms with Crippen LogP contribution in [0.15, 0.2) is 34.9 Å². The predicted octanol–water partition coefficient (Wildman–Crippen LogP) is 2.58. The van der Waals surface area contributed by atoms with Gasteiger partial charge in [0.05, 0.1) is 24.3 Å². The van der Waals surface area contributed by atoms with Gasteiger partial charge in [-0.15, -0.1) is 10.2 Å². The smallest absolute Gasteiger partial charge is 0.338 e. The van der Waals surface area contributed by atoms with E-state index in [4.69, 9.17) is 14.4 Å². The van der Waals surface area contributed by atoms with Crippen molar-refractivity contribution in [3.05, 3.63) is 64.2 Å². The molecule has 0 amide bonds. The van der Waals surface area contributed by atoms with Gasteiger partial charge in [0, 0.05) is 24.8 Å². The summed E-state index contributed by atoms with van der Waals surface area (Å²) in [6, 6.07) is 9.13. The minimum atomic E-state index is -0.270. The van der Waals surface area contributed by atoms with Crippen LogP contribution in [0.3, 0.4) is 0 Å². The van der Waals surface area contributed by atoms with Crippen LogP contribution < -0.4 is 0 Å². The maximum atomic E-state index is 11.8. The number of esters is 1. The van der Waals surface area contributed by atoms with E-state index >= 15 is 0 Å². The minimum Gasteiger partial charge on any atom is -0.457 e. The number of hydrogen-bond acceptors (Lipinski definition) is 9. The van der Waals surface area contributed by atoms with Crippen molar-refractivity contribution >= 4 is 5.97 Å². The maximum Gasteiger partial charge on any atom is 0.338 e. The van der Waals surface area contributed by atoms with E-state index in [0.717, 1.165) is 16.7 Å². The van der Waals surface area contributed by atoms with Crippen molar-refractivity contribution in [2.45, 2.75) is 32.9 Å². The van der Waals surface area contributed by atoms with E-state index in [2.05, 4.69) is 22.1 Å². The number of rotatable bonds is 8. The quantitative estimate of drug-likeness (QED) is 0.533. The highest BCUT2D eigenvalue weighted by Gasteiger charge is 2.26. The first kappa shape index (κ1) is 21.6. The summed E-state index contributed by atoms with van der Waals surface area (Å²) in [5.41, 5.74) is 4.74. The lowest BCUT2D eigenvalue weighted by atomic mass is 9.91. The zero-order valence-corrected chi connectivity index (χ0v) is 17.9. The second kappa shape index (κ2) is 9.26. The summed E-state index contributed by atoms with van der Waals surface area (Å²) >= 11 is 0. The SMILES string of the molecule is Cc1c([C@@H](C)CN(CCO)Cc2nnc(-c3ccc(C#N)cn3)o2)ccc2c1COC2=O. The van der Waals surface area contributed by atoms with Crippen molar-refractivity contribution in [3.8, 4) is 17.7 Å². The topological polar surface area (TPSA) is 125 Å². The molecule has 0 saturated carbocycles. The summed E-state index contributed by atoms with van der Waals surface area (Å²) in [4.78, 5) is 18.0. The van der Waals surface area contributed by atoms with Crippen LogP contribution in [-0.4, -0.2) is 50.9 Å². The molecule has 1 aromatic carbocycles. The predicted molar refractivity (Wildman–Crippen MR) is 113 cm³/mol. The Morgan fingerprint density at radius 1 is 1.28 bits per heavy atom. The van der Waals surface area contributed by atoms with Crippen molar-refractivity contribution < 1.29 is 19.1 Å². The van der Waals surface area contributed by atoms with E-state index in [1.54, 1.807) is 12.1 Å². The number of carbonyl (C=O) groups is 1. The third-order valence-corrected chi connectivity index (χ3v) is 5.62. The zero-order valence-electron chi connectivity index (χ0n) is 17.9. The third-order valence-electron chi connectivity index (χ3n) is 5.62. The number of aromatic nitrogens is 3. The summed E-state index contributed by atoms with van der Waals surface area (Å²) in [6.07, 6.45) is 1.45. The van der Waals surface area contributed by atoms with Crippen molar-refractivity contribution in [1.82, 2.24) is 20.1 Å². The average Bonchev–Trinajstić information content (AvgIpc) is 3.41. The van der Waals surface area contributed by atoms with Crippen LogP contribution in [0.25, 0.3) is 11.6 Å². The molecule has 0 bridgehead atoms. The summed E-state index contributed by atoms with van der Waals surface area (Å²) in [6.45, 7) is 5.91. The Bertz CT molecular complexity index is 1170. The van der Waals surface area contributed by atoms with Gasteiger partial charge in [0.15, 0.2) is 0 Å². The molecule has 0 fully saturated rings. The number of nitrogens with zero attached hydrogens (tertiary/aromatic N) is 5. The number of aliphatic hydroxyl groups excluding tert-OH is 1. The number of pyridine rings is 1. The fraction of sp³-hybridized carbons (Fsp3) is 0.348. The summed E-state index contributed by atoms with van der Waals surface area (Å²) in [7, 11) is 0. The molecular formula is C23H23N5O4. The molecule has 3 heterocycles. The van der Waals surface area contributed by atoms with Gasteiger partial charge in [0.25, 0.3) is 5.89 Å². The molecule has 9 nitrogen and oxygen atoms in total. The molecule has 9 heteroatoms. The monoisotopic (exact) mass is 433 g/mol. The number of carbonyl (C=O) groups excluding carboxylic acids is 1. The summed E-state index contributed by atoms with van der Waals surface area (Å²) in [5, 5.41) is 26.6. The molecule has 2 aromatic heterocycles. The van der Waals surface area contributed by atoms with E-state index in [0.29, 0.717) is 49.0 Å². The molecule has 1 aliphatic rings. The summed E-state index contributed by atoms with van der Waals surface area (Å²) < 4.78 is 10.9. The van der Waals surface area contributed by atoms with E-state index < -0.39 is 0 Å². The fourth-order valence-electron chi connectivity index (χ4n) is 3.96. The number of benzene rings is 1. The fourth-order valence-corrected chi connectivity index (χ4v) is 3.96. The van der Waals surface area contributed by atoms with Gasteiger partial charge in [0.2, 0.25) is 5.89 Å². The van der Waals surface area contributed by atoms with Gasteiger partial charge in [-0.2, -0.15) is 5.26 Å². The largest absolute Gasteiger partial charge is 0.457 e. The first-order chi connectivity index (χ1) is 15.5. The van der Waals surface area contributed by atoms with Crippen LogP contribution in [0.4, 0.5) is 0 Å². The molecular weight excluding hydrogens is 410 g/mol. The van der Waals surface area contributed by atoms with Crippen molar-refractivity contribution in [2.75, 3.05) is 19.7 Å². The molecule has 0 saturated heterocycles. The van der Waals surface area contributed by atoms with Crippen LogP contribution in [0.1, 0.15) is 51.3 Å². The van der Waals surface area contributed by atoms with Crippen LogP contribution in [0.2, 0.25) is 0 Å². The molecule has 164 valence electrons. The van der Waals surface area contributed by atoms with Gasteiger partial charge in [0.1, 0.15) is 18.4 Å². The Labute approximate surface area is 185 Å². The van der Waals surface area contributed by atoms with Gasteiger partial charge in [-0.1, -0.05) is 13.0 Å². The van der Waals surface area contributed by atoms with Crippen LogP contribution >= 0.6 is 0 Å². The highest BCUT2D eigenvalue weighted by Crippen LogP contribution is 2.30. The van der Waals surface area contributed by atoms with Gasteiger partial charge < -0.3 is 14.3 Å². The molecule has 32 heavy (non-hydrogen) atoms. The number of fused-ring (bicyclic) bond motifs is 1. The molecule has 4 rings (SSSR count). The van der Waals surface area contributed by atoms with E-state index in [-0.39, 0.29) is 24.4 Å². The zero-order chi connectivity index (χ0) is 22.7. The maximum absolute atomic E-state index is 11.8. The Morgan fingerprint density at radius 3 is 2.84 bits per heavy atom. The van der Waals surface area contributed by atoms with E-state index in [1.165, 1.54) is 6.20 Å². The molecule has 3 aromatic rings. The Balaban J connectivity index is 1.47. The van der Waals surface area contributed by atoms with Crippen LogP contribution in [-0.2, 0) is 17.9 Å². The highest BCUT2D eigenvalue weighted by atomic mass is 16.5. The van der Waals surface area contributed by atoms with Crippen molar-refractivity contribution in [3.63, 3.8) is 0 Å². The normalized spacial score (nSPS) is 13.7. The first-order valence-corrected chi connectivity index (χ1v) is 10.3. The Kier molecular flexibility index (Phi) is 6.25. The van der Waals surface area contributed by atoms with Gasteiger partial charge in [-0.05, 0) is 42.2 Å². The number of cyclic esters (lactones) is 1. The van der Waals surface area contributed by atoms with Crippen LogP contribution in [0.5, 0.6) is 0 Å². The molecule has 1 N–H and O–H groups in total. The number of nitriles is 1. The average molecular weight is 433 g/mol. The second-order valence-electron chi connectivity index (χ2n) is 7.79. The molecule has 1 atom stereocenters. The van der Waals surface area contributed by atoms with Crippen molar-refractivity contribution in [1.29, 1.82) is 5.26 Å². The van der Waals surface area contributed by atoms with E-state index in [9.17, 15) is 9.90 Å². The highest BCUT2D eigenvalue weighted by molar-refractivity contribution is 5.93. The van der Waals surface area contributed by atoms with E-state index in [1.807, 2.05) is 30.0 Å². The molecule has 1 aliphatic heterocycles. The third kappa shape index (κ3) is 4.37. The Hall–Kier alpha value is -3.61. The minimum absolute atomic E-state index is 0.00357. The second-order valence-corrected chi connectivity index (χ2v) is 7.79. The number of ether oxygens (including phenoxy) is 1. The molecule has 0 aliphatic carbocycles. The lowest BCUT2D eigenvalue weighted by Crippen LogP contribution is -2.30. The standard InChI is InChI=1S/C23H23N5O4/c1-14(17-4-5-18-19(15(17)2)13-31-23(18)30)11-28(7-8-29)12-21-26-27-22(32-21)20-6-3-16(9-24)10-25-20/h3-6,10,14,29H,7-8,11-13H2,1-2H3/t14-/m0/s1. The molecule has 0 spiro atoms. The number of aliphatic hydroxyl groups is 1. The van der Waals surface area contributed by atoms with Gasteiger partial charge in [-0.3, -0.25) is 4.90 Å². The van der Waals surface area contributed by atoms with Gasteiger partial charge >= 0.3 is 5.97 Å². The first-order valence-electron chi connectivity index (χ1n) is 10.3. The molecule has 0 radical (unpaired) electrons. The van der Waals surface area contributed by atoms with Crippen LogP contribution in [0, 0.1) is 18.3 Å². The Morgan fingerprint density at radius 2 is 2.12 bits per heavy atom. The van der Waals surface area contributed by atoms with Crippen molar-refractivity contribution in [2.24, 2.45) is 0 Å².